The third-order valence-electron chi connectivity index (χ3n) is 3.58. The molecule has 1 atom stereocenters. The Morgan fingerprint density at radius 2 is 1.67 bits per heavy atom. The first kappa shape index (κ1) is 15.3. The normalized spacial score (nSPS) is 11.9. The molecule has 3 nitrogen and oxygen atoms in total. The fourth-order valence-corrected chi connectivity index (χ4v) is 2.25. The van der Waals surface area contributed by atoms with Gasteiger partial charge < -0.3 is 10.1 Å². The van der Waals surface area contributed by atoms with Gasteiger partial charge in [-0.1, -0.05) is 54.6 Å². The molecule has 2 aromatic rings. The molecule has 2 rings (SSSR count). The first-order valence-electron chi connectivity index (χ1n) is 7.12. The highest BCUT2D eigenvalue weighted by Gasteiger charge is 2.09. The van der Waals surface area contributed by atoms with E-state index < -0.39 is 0 Å². The molecule has 110 valence electrons. The van der Waals surface area contributed by atoms with E-state index >= 15 is 0 Å². The number of benzene rings is 2. The van der Waals surface area contributed by atoms with Crippen molar-refractivity contribution in [2.45, 2.75) is 25.9 Å². The van der Waals surface area contributed by atoms with Gasteiger partial charge in [-0.15, -0.1) is 0 Å². The Morgan fingerprint density at radius 1 is 1.05 bits per heavy atom. The summed E-state index contributed by atoms with van der Waals surface area (Å²) in [7, 11) is 1.42. The zero-order chi connectivity index (χ0) is 15.1. The van der Waals surface area contributed by atoms with Gasteiger partial charge in [-0.2, -0.15) is 0 Å². The van der Waals surface area contributed by atoms with Crippen LogP contribution in [0.5, 0.6) is 0 Å². The molecule has 3 heteroatoms. The monoisotopic (exact) mass is 283 g/mol. The van der Waals surface area contributed by atoms with Crippen molar-refractivity contribution in [1.29, 1.82) is 0 Å². The van der Waals surface area contributed by atoms with E-state index in [4.69, 9.17) is 4.74 Å². The van der Waals surface area contributed by atoms with E-state index in [-0.39, 0.29) is 12.0 Å². The molecule has 0 fully saturated rings. The highest BCUT2D eigenvalue weighted by molar-refractivity contribution is 5.72. The van der Waals surface area contributed by atoms with Crippen molar-refractivity contribution in [3.05, 3.63) is 71.3 Å². The van der Waals surface area contributed by atoms with Crippen LogP contribution in [-0.4, -0.2) is 13.1 Å². The Bertz CT molecular complexity index is 581. The summed E-state index contributed by atoms with van der Waals surface area (Å²) in [6.45, 7) is 2.86. The maximum Gasteiger partial charge on any atom is 0.309 e. The summed E-state index contributed by atoms with van der Waals surface area (Å²) < 4.78 is 4.74. The van der Waals surface area contributed by atoms with Crippen LogP contribution in [0.1, 0.15) is 29.7 Å². The van der Waals surface area contributed by atoms with E-state index in [0.717, 1.165) is 17.7 Å². The van der Waals surface area contributed by atoms with Crippen molar-refractivity contribution in [2.24, 2.45) is 0 Å². The molecule has 0 radical (unpaired) electrons. The Balaban J connectivity index is 2.01. The molecule has 21 heavy (non-hydrogen) atoms. The summed E-state index contributed by atoms with van der Waals surface area (Å²) in [6, 6.07) is 18.5. The third kappa shape index (κ3) is 4.43. The minimum Gasteiger partial charge on any atom is -0.469 e. The predicted molar refractivity (Wildman–Crippen MR) is 83.9 cm³/mol. The lowest BCUT2D eigenvalue weighted by molar-refractivity contribution is -0.139. The van der Waals surface area contributed by atoms with Crippen LogP contribution in [0.15, 0.2) is 54.6 Å². The molecule has 0 saturated heterocycles. The van der Waals surface area contributed by atoms with Crippen molar-refractivity contribution >= 4 is 5.97 Å². The van der Waals surface area contributed by atoms with Crippen molar-refractivity contribution in [2.75, 3.05) is 7.11 Å². The quantitative estimate of drug-likeness (QED) is 0.827. The van der Waals surface area contributed by atoms with Crippen molar-refractivity contribution in [3.8, 4) is 0 Å². The molecule has 0 aliphatic heterocycles. The molecular formula is C18H21NO2. The summed E-state index contributed by atoms with van der Waals surface area (Å²) in [5, 5.41) is 3.49. The summed E-state index contributed by atoms with van der Waals surface area (Å²) in [5.74, 6) is -0.210. The van der Waals surface area contributed by atoms with Gasteiger partial charge in [0.15, 0.2) is 0 Å². The minimum absolute atomic E-state index is 0.210. The standard InChI is InChI=1S/C18H21NO2/c1-14(15-8-4-3-5-9-15)19-13-17-11-7-6-10-16(17)12-18(20)21-2/h3-11,14,19H,12-13H2,1-2H3/t14-/m1/s1. The number of nitrogens with one attached hydrogen (secondary N) is 1. The van der Waals surface area contributed by atoms with Crippen molar-refractivity contribution in [1.82, 2.24) is 5.32 Å². The van der Waals surface area contributed by atoms with Crippen LogP contribution in [0.25, 0.3) is 0 Å². The molecular weight excluding hydrogens is 262 g/mol. The summed E-state index contributed by atoms with van der Waals surface area (Å²) >= 11 is 0. The van der Waals surface area contributed by atoms with Gasteiger partial charge in [-0.25, -0.2) is 0 Å². The average molecular weight is 283 g/mol. The van der Waals surface area contributed by atoms with Gasteiger partial charge in [0, 0.05) is 12.6 Å². The number of hydrogen-bond donors (Lipinski definition) is 1. The molecule has 0 aliphatic rings. The number of hydrogen-bond acceptors (Lipinski definition) is 3. The topological polar surface area (TPSA) is 38.3 Å². The summed E-state index contributed by atoms with van der Waals surface area (Å²) in [6.07, 6.45) is 0.314. The third-order valence-corrected chi connectivity index (χ3v) is 3.58. The van der Waals surface area contributed by atoms with E-state index in [2.05, 4.69) is 24.4 Å². The highest BCUT2D eigenvalue weighted by atomic mass is 16.5. The molecule has 0 spiro atoms. The zero-order valence-electron chi connectivity index (χ0n) is 12.5. The van der Waals surface area contributed by atoms with Crippen LogP contribution >= 0.6 is 0 Å². The van der Waals surface area contributed by atoms with Crippen molar-refractivity contribution < 1.29 is 9.53 Å². The van der Waals surface area contributed by atoms with Gasteiger partial charge in [0.25, 0.3) is 0 Å². The second kappa shape index (κ2) is 7.60. The number of esters is 1. The van der Waals surface area contributed by atoms with Gasteiger partial charge in [0.1, 0.15) is 0 Å². The highest BCUT2D eigenvalue weighted by Crippen LogP contribution is 2.15. The fourth-order valence-electron chi connectivity index (χ4n) is 2.25. The lowest BCUT2D eigenvalue weighted by Gasteiger charge is -2.16. The lowest BCUT2D eigenvalue weighted by atomic mass is 10.0. The van der Waals surface area contributed by atoms with Gasteiger partial charge in [-0.3, -0.25) is 4.79 Å². The first-order valence-corrected chi connectivity index (χ1v) is 7.12. The number of rotatable bonds is 6. The van der Waals surface area contributed by atoms with Gasteiger partial charge >= 0.3 is 5.97 Å². The van der Waals surface area contributed by atoms with E-state index in [9.17, 15) is 4.79 Å². The predicted octanol–water partition coefficient (Wildman–Crippen LogP) is 3.25. The molecule has 2 aromatic carbocycles. The minimum atomic E-state index is -0.210. The van der Waals surface area contributed by atoms with Crippen LogP contribution in [-0.2, 0) is 22.5 Å². The molecule has 0 heterocycles. The largest absolute Gasteiger partial charge is 0.469 e. The van der Waals surface area contributed by atoms with Gasteiger partial charge in [0.05, 0.1) is 13.5 Å². The zero-order valence-corrected chi connectivity index (χ0v) is 12.5. The maximum absolute atomic E-state index is 11.5. The molecule has 1 N–H and O–H groups in total. The molecule has 0 bridgehead atoms. The van der Waals surface area contributed by atoms with Crippen LogP contribution in [0.4, 0.5) is 0 Å². The number of ether oxygens (including phenoxy) is 1. The van der Waals surface area contributed by atoms with Crippen LogP contribution in [0, 0.1) is 0 Å². The second-order valence-corrected chi connectivity index (χ2v) is 5.03. The average Bonchev–Trinajstić information content (AvgIpc) is 2.54. The molecule has 0 aliphatic carbocycles. The lowest BCUT2D eigenvalue weighted by Crippen LogP contribution is -2.19. The van der Waals surface area contributed by atoms with Crippen LogP contribution in [0.2, 0.25) is 0 Å². The Hall–Kier alpha value is -2.13. The maximum atomic E-state index is 11.5. The smallest absolute Gasteiger partial charge is 0.309 e. The van der Waals surface area contributed by atoms with E-state index in [1.807, 2.05) is 42.5 Å². The molecule has 0 unspecified atom stereocenters. The van der Waals surface area contributed by atoms with E-state index in [1.54, 1.807) is 0 Å². The van der Waals surface area contributed by atoms with E-state index in [0.29, 0.717) is 6.42 Å². The van der Waals surface area contributed by atoms with Gasteiger partial charge in [0.2, 0.25) is 0 Å². The second-order valence-electron chi connectivity index (χ2n) is 5.03. The first-order chi connectivity index (χ1) is 10.2. The molecule has 0 saturated carbocycles. The number of carbonyl (C=O) groups is 1. The number of carbonyl (C=O) groups excluding carboxylic acids is 1. The number of methoxy groups -OCH3 is 1. The van der Waals surface area contributed by atoms with E-state index in [1.165, 1.54) is 12.7 Å². The van der Waals surface area contributed by atoms with Gasteiger partial charge in [-0.05, 0) is 23.6 Å². The van der Waals surface area contributed by atoms with Crippen LogP contribution < -0.4 is 5.32 Å². The SMILES string of the molecule is COC(=O)Cc1ccccc1CN[C@H](C)c1ccccc1. The van der Waals surface area contributed by atoms with Crippen LogP contribution in [0.3, 0.4) is 0 Å². The Kier molecular flexibility index (Phi) is 5.52. The fraction of sp³-hybridized carbons (Fsp3) is 0.278. The van der Waals surface area contributed by atoms with Crippen molar-refractivity contribution in [3.63, 3.8) is 0 Å². The summed E-state index contributed by atoms with van der Waals surface area (Å²) in [5.41, 5.74) is 3.39. The Labute approximate surface area is 126 Å². The summed E-state index contributed by atoms with van der Waals surface area (Å²) in [4.78, 5) is 11.5. The Morgan fingerprint density at radius 3 is 2.33 bits per heavy atom. The molecule has 0 aromatic heterocycles. The molecule has 0 amide bonds.